The molecule has 1 amide bonds. The van der Waals surface area contributed by atoms with Gasteiger partial charge >= 0.3 is 0 Å². The number of hydrogen-bond donors (Lipinski definition) is 1. The van der Waals surface area contributed by atoms with Gasteiger partial charge in [0.05, 0.1) is 18.5 Å². The molecule has 0 radical (unpaired) electrons. The average Bonchev–Trinajstić information content (AvgIpc) is 2.70. The molecule has 0 spiro atoms. The topological polar surface area (TPSA) is 99.8 Å². The number of nitrogens with one attached hydrogen (secondary N) is 1. The van der Waals surface area contributed by atoms with Crippen LogP contribution in [0.4, 0.5) is 5.69 Å². The number of nitriles is 1. The highest BCUT2D eigenvalue weighted by molar-refractivity contribution is 9.10. The molecule has 0 saturated heterocycles. The molecule has 2 rings (SSSR count). The first-order valence-electron chi connectivity index (χ1n) is 8.67. The third-order valence-corrected chi connectivity index (χ3v) is 4.97. The van der Waals surface area contributed by atoms with Gasteiger partial charge in [0.15, 0.2) is 6.61 Å². The number of hydrogen-bond acceptors (Lipinski definition) is 7. The van der Waals surface area contributed by atoms with Crippen molar-refractivity contribution in [3.8, 4) is 11.9 Å². The summed E-state index contributed by atoms with van der Waals surface area (Å²) in [6, 6.07) is 9.75. The van der Waals surface area contributed by atoms with Gasteiger partial charge in [-0.15, -0.1) is 0 Å². The number of carbonyl (C=O) groups is 1. The molecular formula is C20H22BrN5O3. The molecule has 1 aromatic heterocycles. The van der Waals surface area contributed by atoms with E-state index in [-0.39, 0.29) is 24.7 Å². The first-order valence-corrected chi connectivity index (χ1v) is 9.46. The lowest BCUT2D eigenvalue weighted by atomic mass is 10.1. The summed E-state index contributed by atoms with van der Waals surface area (Å²) in [5, 5.41) is 13.4. The van der Waals surface area contributed by atoms with Gasteiger partial charge in [0, 0.05) is 36.9 Å². The first kappa shape index (κ1) is 22.3. The van der Waals surface area contributed by atoms with Crippen LogP contribution in [0.2, 0.25) is 0 Å². The van der Waals surface area contributed by atoms with Gasteiger partial charge in [0.25, 0.3) is 5.91 Å². The molecule has 29 heavy (non-hydrogen) atoms. The molecule has 1 aromatic carbocycles. The van der Waals surface area contributed by atoms with Gasteiger partial charge in [-0.25, -0.2) is 10.4 Å². The lowest BCUT2D eigenvalue weighted by Gasteiger charge is -2.13. The second-order valence-corrected chi connectivity index (χ2v) is 7.08. The molecular weight excluding hydrogens is 438 g/mol. The minimum atomic E-state index is -0.467. The number of pyridine rings is 1. The second kappa shape index (κ2) is 10.5. The van der Waals surface area contributed by atoms with E-state index in [4.69, 9.17) is 9.47 Å². The van der Waals surface area contributed by atoms with Crippen LogP contribution in [0.3, 0.4) is 0 Å². The number of ether oxygens (including phenoxy) is 2. The molecule has 0 aliphatic heterocycles. The number of benzene rings is 1. The summed E-state index contributed by atoms with van der Waals surface area (Å²) in [5.41, 5.74) is 5.78. The fourth-order valence-corrected chi connectivity index (χ4v) is 2.82. The molecule has 0 aliphatic rings. The van der Waals surface area contributed by atoms with Crippen molar-refractivity contribution in [2.75, 3.05) is 32.7 Å². The van der Waals surface area contributed by atoms with E-state index >= 15 is 0 Å². The van der Waals surface area contributed by atoms with E-state index in [2.05, 4.69) is 37.5 Å². The van der Waals surface area contributed by atoms with E-state index < -0.39 is 5.91 Å². The molecule has 0 saturated carbocycles. The number of aromatic nitrogens is 1. The summed E-state index contributed by atoms with van der Waals surface area (Å²) < 4.78 is 11.3. The molecule has 2 aromatic rings. The Morgan fingerprint density at radius 1 is 1.38 bits per heavy atom. The molecule has 152 valence electrons. The SMILES string of the molecule is COCc1c(Br)c(C)nc(OCC(=O)N/N=C/c2ccc(N(C)C)cc2)c1C#N. The Hall–Kier alpha value is -2.96. The first-order chi connectivity index (χ1) is 13.9. The average molecular weight is 460 g/mol. The number of aryl methyl sites for hydroxylation is 1. The summed E-state index contributed by atoms with van der Waals surface area (Å²) in [4.78, 5) is 18.2. The van der Waals surface area contributed by atoms with E-state index in [1.165, 1.54) is 13.3 Å². The van der Waals surface area contributed by atoms with Crippen LogP contribution in [0.25, 0.3) is 0 Å². The highest BCUT2D eigenvalue weighted by Gasteiger charge is 2.18. The van der Waals surface area contributed by atoms with Gasteiger partial charge < -0.3 is 14.4 Å². The number of methoxy groups -OCH3 is 1. The molecule has 8 nitrogen and oxygen atoms in total. The molecule has 0 fully saturated rings. The van der Waals surface area contributed by atoms with E-state index in [9.17, 15) is 10.1 Å². The number of amides is 1. The minimum Gasteiger partial charge on any atom is -0.467 e. The van der Waals surface area contributed by atoms with Gasteiger partial charge in [0.1, 0.15) is 11.6 Å². The molecule has 0 atom stereocenters. The van der Waals surface area contributed by atoms with Crippen molar-refractivity contribution in [2.24, 2.45) is 5.10 Å². The largest absolute Gasteiger partial charge is 0.467 e. The maximum absolute atomic E-state index is 12.0. The van der Waals surface area contributed by atoms with Crippen molar-refractivity contribution in [3.63, 3.8) is 0 Å². The Balaban J connectivity index is 1.99. The Kier molecular flexibility index (Phi) is 8.12. The Bertz CT molecular complexity index is 937. The van der Waals surface area contributed by atoms with Crippen LogP contribution in [0.1, 0.15) is 22.4 Å². The predicted octanol–water partition coefficient (Wildman–Crippen LogP) is 2.77. The molecule has 0 bridgehead atoms. The van der Waals surface area contributed by atoms with Crippen LogP contribution in [-0.4, -0.2) is 44.9 Å². The number of halogens is 1. The highest BCUT2D eigenvalue weighted by atomic mass is 79.9. The zero-order chi connectivity index (χ0) is 21.4. The zero-order valence-electron chi connectivity index (χ0n) is 16.7. The van der Waals surface area contributed by atoms with Crippen LogP contribution >= 0.6 is 15.9 Å². The van der Waals surface area contributed by atoms with Gasteiger partial charge in [-0.2, -0.15) is 10.4 Å². The van der Waals surface area contributed by atoms with Gasteiger partial charge in [0.2, 0.25) is 5.88 Å². The van der Waals surface area contributed by atoms with E-state index in [0.29, 0.717) is 15.7 Å². The highest BCUT2D eigenvalue weighted by Crippen LogP contribution is 2.29. The summed E-state index contributed by atoms with van der Waals surface area (Å²) in [6.07, 6.45) is 1.54. The quantitative estimate of drug-likeness (QED) is 0.481. The Morgan fingerprint density at radius 3 is 2.66 bits per heavy atom. The van der Waals surface area contributed by atoms with Crippen LogP contribution in [0.15, 0.2) is 33.8 Å². The maximum Gasteiger partial charge on any atom is 0.278 e. The molecule has 1 N–H and O–H groups in total. The van der Waals surface area contributed by atoms with E-state index in [1.54, 1.807) is 6.92 Å². The summed E-state index contributed by atoms with van der Waals surface area (Å²) in [7, 11) is 5.45. The minimum absolute atomic E-state index is 0.0821. The lowest BCUT2D eigenvalue weighted by molar-refractivity contribution is -0.123. The van der Waals surface area contributed by atoms with E-state index in [0.717, 1.165) is 11.3 Å². The smallest absolute Gasteiger partial charge is 0.278 e. The Morgan fingerprint density at radius 2 is 2.07 bits per heavy atom. The zero-order valence-corrected chi connectivity index (χ0v) is 18.3. The molecule has 9 heteroatoms. The van der Waals surface area contributed by atoms with Crippen molar-refractivity contribution in [1.82, 2.24) is 10.4 Å². The summed E-state index contributed by atoms with van der Waals surface area (Å²) in [5.74, 6) is -0.385. The maximum atomic E-state index is 12.0. The van der Waals surface area contributed by atoms with Crippen molar-refractivity contribution in [2.45, 2.75) is 13.5 Å². The Labute approximate surface area is 178 Å². The number of nitrogens with zero attached hydrogens (tertiary/aromatic N) is 4. The van der Waals surface area contributed by atoms with Crippen molar-refractivity contribution < 1.29 is 14.3 Å². The lowest BCUT2D eigenvalue weighted by Crippen LogP contribution is -2.25. The normalized spacial score (nSPS) is 10.6. The summed E-state index contributed by atoms with van der Waals surface area (Å²) in [6.45, 7) is 1.65. The summed E-state index contributed by atoms with van der Waals surface area (Å²) >= 11 is 3.41. The monoisotopic (exact) mass is 459 g/mol. The fraction of sp³-hybridized carbons (Fsp3) is 0.300. The van der Waals surface area contributed by atoms with Gasteiger partial charge in [-0.3, -0.25) is 4.79 Å². The fourth-order valence-electron chi connectivity index (χ4n) is 2.42. The van der Waals surface area contributed by atoms with Crippen LogP contribution < -0.4 is 15.1 Å². The number of rotatable bonds is 8. The molecule has 0 aliphatic carbocycles. The van der Waals surface area contributed by atoms with Crippen molar-refractivity contribution in [1.29, 1.82) is 5.26 Å². The van der Waals surface area contributed by atoms with Crippen LogP contribution in [-0.2, 0) is 16.1 Å². The third-order valence-electron chi connectivity index (χ3n) is 3.92. The van der Waals surface area contributed by atoms with Crippen molar-refractivity contribution in [3.05, 3.63) is 51.1 Å². The van der Waals surface area contributed by atoms with Crippen LogP contribution in [0.5, 0.6) is 5.88 Å². The van der Waals surface area contributed by atoms with Gasteiger partial charge in [-0.05, 0) is 40.5 Å². The molecule has 1 heterocycles. The van der Waals surface area contributed by atoms with Crippen molar-refractivity contribution >= 4 is 33.7 Å². The van der Waals surface area contributed by atoms with Crippen LogP contribution in [0, 0.1) is 18.3 Å². The number of anilines is 1. The molecule has 0 unspecified atom stereocenters. The standard InChI is InChI=1S/C20H22BrN5O3/c1-13-19(21)17(11-28-4)16(9-22)20(24-13)29-12-18(27)25-23-10-14-5-7-15(8-6-14)26(2)3/h5-8,10H,11-12H2,1-4H3,(H,25,27)/b23-10+. The number of hydrazone groups is 1. The van der Waals surface area contributed by atoms with Gasteiger partial charge in [-0.1, -0.05) is 12.1 Å². The predicted molar refractivity (Wildman–Crippen MR) is 114 cm³/mol. The van der Waals surface area contributed by atoms with E-state index in [1.807, 2.05) is 43.3 Å². The second-order valence-electron chi connectivity index (χ2n) is 6.28. The third kappa shape index (κ3) is 6.01. The number of carbonyl (C=O) groups excluding carboxylic acids is 1.